The number of carboxylic acids is 1. The quantitative estimate of drug-likeness (QED) is 0.356. The fourth-order valence-electron chi connectivity index (χ4n) is 4.21. The number of rotatable bonds is 14. The maximum absolute atomic E-state index is 12.6. The van der Waals surface area contributed by atoms with Crippen LogP contribution in [-0.4, -0.2) is 24.8 Å². The highest BCUT2D eigenvalue weighted by Gasteiger charge is 2.46. The first-order valence-corrected chi connectivity index (χ1v) is 10.7. The minimum absolute atomic E-state index is 0.0636. The van der Waals surface area contributed by atoms with Crippen molar-refractivity contribution in [3.05, 3.63) is 23.3 Å². The van der Waals surface area contributed by atoms with Crippen LogP contribution in [0.1, 0.15) is 91.4 Å². The molecule has 0 fully saturated rings. The molecule has 1 rings (SSSR count). The van der Waals surface area contributed by atoms with Gasteiger partial charge >= 0.3 is 5.97 Å². The van der Waals surface area contributed by atoms with Crippen molar-refractivity contribution < 1.29 is 14.6 Å². The fraction of sp³-hybridized carbons (Fsp3) is 0.783. The molecule has 0 radical (unpaired) electrons. The van der Waals surface area contributed by atoms with Crippen molar-refractivity contribution in [1.82, 2.24) is 0 Å². The van der Waals surface area contributed by atoms with Gasteiger partial charge in [0.25, 0.3) is 0 Å². The van der Waals surface area contributed by atoms with E-state index in [-0.39, 0.29) is 5.92 Å². The molecule has 0 aromatic carbocycles. The molecular weight excluding hydrogens is 324 g/mol. The number of allylic oxidation sites excluding steroid dienone is 3. The van der Waals surface area contributed by atoms with Gasteiger partial charge in [0.05, 0.1) is 5.41 Å². The first-order chi connectivity index (χ1) is 12.6. The fourth-order valence-corrected chi connectivity index (χ4v) is 4.21. The van der Waals surface area contributed by atoms with Crippen LogP contribution in [-0.2, 0) is 9.53 Å². The third kappa shape index (κ3) is 6.26. The summed E-state index contributed by atoms with van der Waals surface area (Å²) >= 11 is 0. The number of aliphatic carboxylic acids is 1. The van der Waals surface area contributed by atoms with Crippen LogP contribution in [0.5, 0.6) is 0 Å². The zero-order chi connectivity index (χ0) is 19.4. The van der Waals surface area contributed by atoms with Crippen LogP contribution in [0.2, 0.25) is 0 Å². The maximum Gasteiger partial charge on any atom is 0.314 e. The molecule has 0 amide bonds. The minimum atomic E-state index is -0.755. The lowest BCUT2D eigenvalue weighted by Gasteiger charge is -2.40. The second-order valence-electron chi connectivity index (χ2n) is 7.78. The molecule has 150 valence electrons. The smallest absolute Gasteiger partial charge is 0.314 e. The summed E-state index contributed by atoms with van der Waals surface area (Å²) in [6, 6.07) is 0. The van der Waals surface area contributed by atoms with E-state index in [9.17, 15) is 9.90 Å². The zero-order valence-electron chi connectivity index (χ0n) is 17.5. The van der Waals surface area contributed by atoms with Crippen LogP contribution in [0.25, 0.3) is 0 Å². The van der Waals surface area contributed by atoms with Gasteiger partial charge in [0.15, 0.2) is 0 Å². The minimum Gasteiger partial charge on any atom is -0.481 e. The van der Waals surface area contributed by atoms with Crippen molar-refractivity contribution >= 4 is 5.97 Å². The van der Waals surface area contributed by atoms with Gasteiger partial charge in [0.1, 0.15) is 0 Å². The summed E-state index contributed by atoms with van der Waals surface area (Å²) in [4.78, 5) is 12.6. The first-order valence-electron chi connectivity index (χ1n) is 10.7. The first kappa shape index (κ1) is 23.0. The lowest BCUT2D eigenvalue weighted by Crippen LogP contribution is -2.41. The summed E-state index contributed by atoms with van der Waals surface area (Å²) in [5.41, 5.74) is 1.83. The standard InChI is InChI=1S/C23H40O3/c1-5-8-11-15-23(22(24)25)18-19(12-9-6-2)17-20(13-10-7-3)21(23)14-16-26-4/h17-18,21H,5-16H2,1-4H3,(H,24,25). The second kappa shape index (κ2) is 12.3. The Labute approximate surface area is 160 Å². The molecule has 0 spiro atoms. The van der Waals surface area contributed by atoms with Gasteiger partial charge in [-0.1, -0.05) is 76.2 Å². The lowest BCUT2D eigenvalue weighted by molar-refractivity contribution is -0.149. The molecule has 0 bridgehead atoms. The highest BCUT2D eigenvalue weighted by molar-refractivity contribution is 5.79. The average Bonchev–Trinajstić information content (AvgIpc) is 2.63. The number of carbonyl (C=O) groups is 1. The van der Waals surface area contributed by atoms with Crippen molar-refractivity contribution in [2.75, 3.05) is 13.7 Å². The van der Waals surface area contributed by atoms with Crippen molar-refractivity contribution in [2.24, 2.45) is 11.3 Å². The van der Waals surface area contributed by atoms with Crippen LogP contribution in [0, 0.1) is 11.3 Å². The average molecular weight is 365 g/mol. The molecule has 1 aliphatic rings. The van der Waals surface area contributed by atoms with Crippen LogP contribution < -0.4 is 0 Å². The number of methoxy groups -OCH3 is 1. The zero-order valence-corrected chi connectivity index (χ0v) is 17.5. The lowest BCUT2D eigenvalue weighted by atomic mass is 9.63. The molecular formula is C23H40O3. The highest BCUT2D eigenvalue weighted by atomic mass is 16.5. The van der Waals surface area contributed by atoms with Crippen molar-refractivity contribution in [3.8, 4) is 0 Å². The summed E-state index contributed by atoms with van der Waals surface area (Å²) in [7, 11) is 1.71. The van der Waals surface area contributed by atoms with Gasteiger partial charge in [-0.25, -0.2) is 0 Å². The number of carboxylic acid groups (broad SMARTS) is 1. The third-order valence-corrected chi connectivity index (χ3v) is 5.72. The molecule has 2 unspecified atom stereocenters. The largest absolute Gasteiger partial charge is 0.481 e. The summed E-state index contributed by atoms with van der Waals surface area (Å²) in [5, 5.41) is 10.3. The van der Waals surface area contributed by atoms with E-state index in [0.717, 1.165) is 70.6 Å². The van der Waals surface area contributed by atoms with Crippen molar-refractivity contribution in [3.63, 3.8) is 0 Å². The number of hydrogen-bond donors (Lipinski definition) is 1. The van der Waals surface area contributed by atoms with Gasteiger partial charge in [-0.3, -0.25) is 4.79 Å². The molecule has 0 aromatic rings. The number of unbranched alkanes of at least 4 members (excludes halogenated alkanes) is 4. The monoisotopic (exact) mass is 364 g/mol. The third-order valence-electron chi connectivity index (χ3n) is 5.72. The Bertz CT molecular complexity index is 478. The van der Waals surface area contributed by atoms with Gasteiger partial charge in [0, 0.05) is 19.6 Å². The Morgan fingerprint density at radius 2 is 1.73 bits per heavy atom. The normalized spacial score (nSPS) is 22.8. The molecule has 0 saturated carbocycles. The van der Waals surface area contributed by atoms with E-state index in [2.05, 4.69) is 32.9 Å². The van der Waals surface area contributed by atoms with Crippen LogP contribution in [0.4, 0.5) is 0 Å². The Balaban J connectivity index is 3.26. The molecule has 0 heterocycles. The summed E-state index contributed by atoms with van der Waals surface area (Å²) in [6.45, 7) is 7.19. The Kier molecular flexibility index (Phi) is 10.9. The molecule has 0 aromatic heterocycles. The molecule has 0 saturated heterocycles. The SMILES string of the molecule is CCCCCC1(C(=O)O)C=C(CCCC)C=C(CCCC)C1CCOC. The predicted molar refractivity (Wildman–Crippen MR) is 109 cm³/mol. The van der Waals surface area contributed by atoms with Gasteiger partial charge in [-0.05, 0) is 38.5 Å². The molecule has 3 heteroatoms. The number of ether oxygens (including phenoxy) is 1. The van der Waals surface area contributed by atoms with Crippen LogP contribution in [0.15, 0.2) is 23.3 Å². The van der Waals surface area contributed by atoms with E-state index in [1.165, 1.54) is 11.1 Å². The number of hydrogen-bond acceptors (Lipinski definition) is 2. The molecule has 1 aliphatic carbocycles. The Morgan fingerprint density at radius 3 is 2.31 bits per heavy atom. The summed E-state index contributed by atoms with van der Waals surface area (Å²) < 4.78 is 5.35. The summed E-state index contributed by atoms with van der Waals surface area (Å²) in [5.74, 6) is -0.584. The van der Waals surface area contributed by atoms with Crippen LogP contribution >= 0.6 is 0 Å². The Hall–Kier alpha value is -1.09. The molecule has 1 N–H and O–H groups in total. The van der Waals surface area contributed by atoms with E-state index in [4.69, 9.17) is 4.74 Å². The van der Waals surface area contributed by atoms with E-state index < -0.39 is 11.4 Å². The van der Waals surface area contributed by atoms with Crippen LogP contribution in [0.3, 0.4) is 0 Å². The van der Waals surface area contributed by atoms with Crippen molar-refractivity contribution in [1.29, 1.82) is 0 Å². The molecule has 2 atom stereocenters. The maximum atomic E-state index is 12.6. The van der Waals surface area contributed by atoms with E-state index >= 15 is 0 Å². The predicted octanol–water partition coefficient (Wildman–Crippen LogP) is 6.54. The molecule has 3 nitrogen and oxygen atoms in total. The van der Waals surface area contributed by atoms with E-state index in [0.29, 0.717) is 6.61 Å². The van der Waals surface area contributed by atoms with Gasteiger partial charge in [-0.15, -0.1) is 0 Å². The highest BCUT2D eigenvalue weighted by Crippen LogP contribution is 2.48. The van der Waals surface area contributed by atoms with E-state index in [1.807, 2.05) is 0 Å². The summed E-state index contributed by atoms with van der Waals surface area (Å²) in [6.07, 6.45) is 15.7. The van der Waals surface area contributed by atoms with Gasteiger partial charge < -0.3 is 9.84 Å². The molecule has 0 aliphatic heterocycles. The molecule has 26 heavy (non-hydrogen) atoms. The van der Waals surface area contributed by atoms with Crippen molar-refractivity contribution in [2.45, 2.75) is 91.4 Å². The van der Waals surface area contributed by atoms with Gasteiger partial charge in [-0.2, -0.15) is 0 Å². The van der Waals surface area contributed by atoms with Gasteiger partial charge in [0.2, 0.25) is 0 Å². The second-order valence-corrected chi connectivity index (χ2v) is 7.78. The topological polar surface area (TPSA) is 46.5 Å². The Morgan fingerprint density at radius 1 is 1.08 bits per heavy atom. The van der Waals surface area contributed by atoms with E-state index in [1.54, 1.807) is 7.11 Å².